The van der Waals surface area contributed by atoms with Gasteiger partial charge in [0, 0.05) is 23.8 Å². The second kappa shape index (κ2) is 9.04. The minimum absolute atomic E-state index is 0.111. The quantitative estimate of drug-likeness (QED) is 0.544. The minimum Gasteiger partial charge on any atom is -0.497 e. The number of hydrogen-bond acceptors (Lipinski definition) is 4. The van der Waals surface area contributed by atoms with Crippen molar-refractivity contribution in [3.05, 3.63) is 89.5 Å². The normalized spacial score (nSPS) is 13.4. The molecule has 0 heterocycles. The standard InChI is InChI=1S/C25H26N2O4S/c1-18-6-14-24(15-7-18)32(29,30)26-21-5-3-4-20(16-21)25(28)27(22-10-11-22)17-19-8-12-23(31-2)13-9-19/h3-9,12-16,22,26H,10-11,17H2,1-2H3. The summed E-state index contributed by atoms with van der Waals surface area (Å²) < 4.78 is 33.2. The van der Waals surface area contributed by atoms with Crippen molar-refractivity contribution in [3.63, 3.8) is 0 Å². The van der Waals surface area contributed by atoms with E-state index in [2.05, 4.69) is 4.72 Å². The van der Waals surface area contributed by atoms with Gasteiger partial charge < -0.3 is 9.64 Å². The summed E-state index contributed by atoms with van der Waals surface area (Å²) >= 11 is 0. The van der Waals surface area contributed by atoms with Gasteiger partial charge in [0.15, 0.2) is 0 Å². The number of anilines is 1. The second-order valence-corrected chi connectivity index (χ2v) is 9.69. The second-order valence-electron chi connectivity index (χ2n) is 8.01. The van der Waals surface area contributed by atoms with Crippen LogP contribution in [0.4, 0.5) is 5.69 Å². The van der Waals surface area contributed by atoms with Crippen molar-refractivity contribution in [1.29, 1.82) is 0 Å². The molecule has 0 radical (unpaired) electrons. The molecule has 4 rings (SSSR count). The third kappa shape index (κ3) is 5.11. The number of carbonyl (C=O) groups is 1. The van der Waals surface area contributed by atoms with E-state index in [1.807, 2.05) is 36.1 Å². The van der Waals surface area contributed by atoms with Gasteiger partial charge in [0.05, 0.1) is 12.0 Å². The number of hydrogen-bond donors (Lipinski definition) is 1. The first-order chi connectivity index (χ1) is 15.4. The molecule has 6 nitrogen and oxygen atoms in total. The fourth-order valence-corrected chi connectivity index (χ4v) is 4.54. The molecule has 1 saturated carbocycles. The number of sulfonamides is 1. The lowest BCUT2D eigenvalue weighted by molar-refractivity contribution is 0.0730. The maximum atomic E-state index is 13.3. The zero-order chi connectivity index (χ0) is 22.7. The number of carbonyl (C=O) groups excluding carboxylic acids is 1. The van der Waals surface area contributed by atoms with E-state index in [4.69, 9.17) is 4.74 Å². The summed E-state index contributed by atoms with van der Waals surface area (Å²) in [5.74, 6) is 0.659. The highest BCUT2D eigenvalue weighted by Gasteiger charge is 2.33. The lowest BCUT2D eigenvalue weighted by atomic mass is 10.1. The highest BCUT2D eigenvalue weighted by Crippen LogP contribution is 2.30. The van der Waals surface area contributed by atoms with E-state index in [0.717, 1.165) is 29.7 Å². The van der Waals surface area contributed by atoms with Gasteiger partial charge >= 0.3 is 0 Å². The number of aryl methyl sites for hydroxylation is 1. The summed E-state index contributed by atoms with van der Waals surface area (Å²) in [6.45, 7) is 2.39. The van der Waals surface area contributed by atoms with Gasteiger partial charge in [-0.3, -0.25) is 9.52 Å². The van der Waals surface area contributed by atoms with E-state index in [9.17, 15) is 13.2 Å². The van der Waals surface area contributed by atoms with Crippen molar-refractivity contribution in [3.8, 4) is 5.75 Å². The molecule has 1 amide bonds. The van der Waals surface area contributed by atoms with E-state index in [0.29, 0.717) is 17.8 Å². The number of rotatable bonds is 8. The van der Waals surface area contributed by atoms with Crippen molar-refractivity contribution in [1.82, 2.24) is 4.90 Å². The summed E-state index contributed by atoms with van der Waals surface area (Å²) in [4.78, 5) is 15.3. The van der Waals surface area contributed by atoms with Crippen LogP contribution < -0.4 is 9.46 Å². The van der Waals surface area contributed by atoms with Gasteiger partial charge in [-0.2, -0.15) is 0 Å². The minimum atomic E-state index is -3.74. The molecule has 32 heavy (non-hydrogen) atoms. The number of benzene rings is 3. The molecule has 0 bridgehead atoms. The molecule has 0 saturated heterocycles. The van der Waals surface area contributed by atoms with Gasteiger partial charge in [0.1, 0.15) is 5.75 Å². The van der Waals surface area contributed by atoms with E-state index < -0.39 is 10.0 Å². The SMILES string of the molecule is COc1ccc(CN(C(=O)c2cccc(NS(=O)(=O)c3ccc(C)cc3)c2)C2CC2)cc1. The van der Waals surface area contributed by atoms with Gasteiger partial charge in [-0.15, -0.1) is 0 Å². The van der Waals surface area contributed by atoms with Crippen LogP contribution in [0.5, 0.6) is 5.75 Å². The Morgan fingerprint density at radius 3 is 2.34 bits per heavy atom. The fraction of sp³-hybridized carbons (Fsp3) is 0.240. The van der Waals surface area contributed by atoms with E-state index in [1.165, 1.54) is 0 Å². The first-order valence-electron chi connectivity index (χ1n) is 10.5. The molecule has 7 heteroatoms. The lowest BCUT2D eigenvalue weighted by Gasteiger charge is -2.23. The molecule has 0 unspecified atom stereocenters. The summed E-state index contributed by atoms with van der Waals surface area (Å²) in [6.07, 6.45) is 1.95. The third-order valence-corrected chi connectivity index (χ3v) is 6.85. The average Bonchev–Trinajstić information content (AvgIpc) is 3.63. The lowest BCUT2D eigenvalue weighted by Crippen LogP contribution is -2.32. The van der Waals surface area contributed by atoms with Crippen LogP contribution in [-0.4, -0.2) is 32.4 Å². The number of nitrogens with zero attached hydrogens (tertiary/aromatic N) is 1. The molecule has 166 valence electrons. The Labute approximate surface area is 188 Å². The molecule has 1 aliphatic rings. The van der Waals surface area contributed by atoms with Crippen LogP contribution in [0.2, 0.25) is 0 Å². The molecule has 0 aromatic heterocycles. The van der Waals surface area contributed by atoms with Crippen molar-refractivity contribution in [2.75, 3.05) is 11.8 Å². The van der Waals surface area contributed by atoms with Crippen molar-refractivity contribution in [2.24, 2.45) is 0 Å². The van der Waals surface area contributed by atoms with Crippen LogP contribution in [0.15, 0.2) is 77.7 Å². The van der Waals surface area contributed by atoms with E-state index in [-0.39, 0.29) is 16.8 Å². The fourth-order valence-electron chi connectivity index (χ4n) is 3.49. The maximum Gasteiger partial charge on any atom is 0.261 e. The monoisotopic (exact) mass is 450 g/mol. The van der Waals surface area contributed by atoms with Crippen LogP contribution in [0, 0.1) is 6.92 Å². The molecule has 0 aliphatic heterocycles. The van der Waals surface area contributed by atoms with Crippen molar-refractivity contribution < 1.29 is 17.9 Å². The van der Waals surface area contributed by atoms with Gasteiger partial charge in [-0.05, 0) is 67.8 Å². The Morgan fingerprint density at radius 2 is 1.72 bits per heavy atom. The zero-order valence-corrected chi connectivity index (χ0v) is 18.9. The predicted molar refractivity (Wildman–Crippen MR) is 124 cm³/mol. The molecule has 0 atom stereocenters. The van der Waals surface area contributed by atoms with Crippen molar-refractivity contribution >= 4 is 21.6 Å². The average molecular weight is 451 g/mol. The molecule has 3 aromatic carbocycles. The van der Waals surface area contributed by atoms with Crippen LogP contribution in [0.1, 0.15) is 34.3 Å². The largest absolute Gasteiger partial charge is 0.497 e. The smallest absolute Gasteiger partial charge is 0.261 e. The van der Waals surface area contributed by atoms with E-state index >= 15 is 0 Å². The maximum absolute atomic E-state index is 13.3. The Kier molecular flexibility index (Phi) is 6.19. The van der Waals surface area contributed by atoms with Gasteiger partial charge in [0.2, 0.25) is 0 Å². The summed E-state index contributed by atoms with van der Waals surface area (Å²) in [5, 5.41) is 0. The number of amides is 1. The predicted octanol–water partition coefficient (Wildman–Crippen LogP) is 4.61. The molecule has 0 spiro atoms. The molecule has 1 N–H and O–H groups in total. The Hall–Kier alpha value is -3.32. The topological polar surface area (TPSA) is 75.7 Å². The van der Waals surface area contributed by atoms with Crippen LogP contribution >= 0.6 is 0 Å². The van der Waals surface area contributed by atoms with Crippen LogP contribution in [0.25, 0.3) is 0 Å². The summed E-state index contributed by atoms with van der Waals surface area (Å²) in [7, 11) is -2.12. The van der Waals surface area contributed by atoms with Crippen LogP contribution in [0.3, 0.4) is 0 Å². The third-order valence-electron chi connectivity index (χ3n) is 5.45. The zero-order valence-electron chi connectivity index (χ0n) is 18.1. The number of methoxy groups -OCH3 is 1. The van der Waals surface area contributed by atoms with Gasteiger partial charge in [0.25, 0.3) is 15.9 Å². The molecule has 1 aliphatic carbocycles. The summed E-state index contributed by atoms with van der Waals surface area (Å²) in [6, 6.07) is 21.2. The molecular weight excluding hydrogens is 424 g/mol. The molecule has 3 aromatic rings. The number of nitrogens with one attached hydrogen (secondary N) is 1. The Bertz CT molecular complexity index is 1200. The van der Waals surface area contributed by atoms with Gasteiger partial charge in [-0.1, -0.05) is 35.9 Å². The van der Waals surface area contributed by atoms with Crippen molar-refractivity contribution in [2.45, 2.75) is 37.2 Å². The first kappa shape index (κ1) is 21.9. The Morgan fingerprint density at radius 1 is 1.03 bits per heavy atom. The highest BCUT2D eigenvalue weighted by atomic mass is 32.2. The van der Waals surface area contributed by atoms with Gasteiger partial charge in [-0.25, -0.2) is 8.42 Å². The highest BCUT2D eigenvalue weighted by molar-refractivity contribution is 7.92. The molecular formula is C25H26N2O4S. The summed E-state index contributed by atoms with van der Waals surface area (Å²) in [5.41, 5.74) is 2.81. The molecule has 1 fully saturated rings. The van der Waals surface area contributed by atoms with E-state index in [1.54, 1.807) is 55.6 Å². The number of ether oxygens (including phenoxy) is 1. The van der Waals surface area contributed by atoms with Crippen LogP contribution in [-0.2, 0) is 16.6 Å². The first-order valence-corrected chi connectivity index (χ1v) is 12.0. The Balaban J connectivity index is 1.53.